The van der Waals surface area contributed by atoms with E-state index < -0.39 is 0 Å². The number of aromatic amines is 1. The van der Waals surface area contributed by atoms with Crippen molar-refractivity contribution in [3.05, 3.63) is 29.8 Å². The highest BCUT2D eigenvalue weighted by Gasteiger charge is 2.06. The average Bonchev–Trinajstić information content (AvgIpc) is 2.65. The summed E-state index contributed by atoms with van der Waals surface area (Å²) in [6.07, 6.45) is 4.49. The van der Waals surface area contributed by atoms with Gasteiger partial charge in [0.1, 0.15) is 11.5 Å². The third-order valence-electron chi connectivity index (χ3n) is 1.87. The van der Waals surface area contributed by atoms with Crippen LogP contribution in [0.5, 0.6) is 0 Å². The van der Waals surface area contributed by atoms with E-state index in [9.17, 15) is 0 Å². The second kappa shape index (κ2) is 4.19. The molecular weight excluding hydrogens is 228 g/mol. The van der Waals surface area contributed by atoms with Gasteiger partial charge in [-0.3, -0.25) is 0 Å². The highest BCUT2D eigenvalue weighted by atomic mass is 35.5. The van der Waals surface area contributed by atoms with Crippen LogP contribution >= 0.6 is 11.6 Å². The van der Waals surface area contributed by atoms with Gasteiger partial charge in [-0.05, 0) is 29.9 Å². The molecule has 0 fully saturated rings. The number of aliphatic imine (C=N–C) groups is 1. The molecule has 16 heavy (non-hydrogen) atoms. The first-order valence-corrected chi connectivity index (χ1v) is 4.81. The molecule has 0 atom stereocenters. The van der Waals surface area contributed by atoms with Crippen molar-refractivity contribution in [1.29, 1.82) is 0 Å². The van der Waals surface area contributed by atoms with Gasteiger partial charge in [0.25, 0.3) is 0 Å². The van der Waals surface area contributed by atoms with E-state index in [-0.39, 0.29) is 11.1 Å². The lowest BCUT2D eigenvalue weighted by atomic mass is 10.4. The minimum absolute atomic E-state index is 0.109. The Hall–Kier alpha value is -2.08. The summed E-state index contributed by atoms with van der Waals surface area (Å²) in [5.41, 5.74) is 11.4. The van der Waals surface area contributed by atoms with Crippen molar-refractivity contribution in [1.82, 2.24) is 15.0 Å². The van der Waals surface area contributed by atoms with Crippen molar-refractivity contribution in [3.8, 4) is 0 Å². The standard InChI is InChI=1S/C9H9ClN6/c10-9-15-7-5(2-4-13-7)8(16-9)14-6(12)1-3-11/h1-4H,11H2,(H3,12,13,14,15,16). The third-order valence-corrected chi connectivity index (χ3v) is 2.04. The van der Waals surface area contributed by atoms with Gasteiger partial charge in [-0.1, -0.05) is 0 Å². The van der Waals surface area contributed by atoms with E-state index in [0.717, 1.165) is 5.39 Å². The smallest absolute Gasteiger partial charge is 0.226 e. The van der Waals surface area contributed by atoms with Crippen LogP contribution in [-0.2, 0) is 0 Å². The van der Waals surface area contributed by atoms with E-state index in [2.05, 4.69) is 19.9 Å². The minimum atomic E-state index is 0.109. The van der Waals surface area contributed by atoms with Crippen molar-refractivity contribution < 1.29 is 0 Å². The topological polar surface area (TPSA) is 106 Å². The summed E-state index contributed by atoms with van der Waals surface area (Å²) in [6, 6.07) is 1.80. The zero-order valence-corrected chi connectivity index (χ0v) is 8.94. The average molecular weight is 237 g/mol. The molecule has 0 amide bonds. The number of rotatable bonds is 2. The lowest BCUT2D eigenvalue weighted by Gasteiger charge is -1.97. The number of hydrogen-bond acceptors (Lipinski definition) is 4. The maximum absolute atomic E-state index is 5.75. The first kappa shape index (κ1) is 10.4. The summed E-state index contributed by atoms with van der Waals surface area (Å²) in [4.78, 5) is 15.0. The Morgan fingerprint density at radius 3 is 3.06 bits per heavy atom. The number of nitrogens with zero attached hydrogens (tertiary/aromatic N) is 3. The van der Waals surface area contributed by atoms with E-state index in [4.69, 9.17) is 23.1 Å². The maximum Gasteiger partial charge on any atom is 0.226 e. The minimum Gasteiger partial charge on any atom is -0.404 e. The normalized spacial score (nSPS) is 12.7. The summed E-state index contributed by atoms with van der Waals surface area (Å²) in [5, 5.41) is 0.857. The van der Waals surface area contributed by atoms with Gasteiger partial charge >= 0.3 is 0 Å². The van der Waals surface area contributed by atoms with Crippen molar-refractivity contribution in [2.75, 3.05) is 0 Å². The van der Waals surface area contributed by atoms with E-state index in [1.54, 1.807) is 12.3 Å². The molecule has 5 N–H and O–H groups in total. The van der Waals surface area contributed by atoms with E-state index in [0.29, 0.717) is 11.5 Å². The molecule has 2 rings (SSSR count). The van der Waals surface area contributed by atoms with Gasteiger partial charge in [0.05, 0.1) is 5.39 Å². The van der Waals surface area contributed by atoms with Gasteiger partial charge in [-0.2, -0.15) is 9.97 Å². The van der Waals surface area contributed by atoms with Crippen molar-refractivity contribution in [2.24, 2.45) is 16.5 Å². The van der Waals surface area contributed by atoms with Crippen molar-refractivity contribution >= 4 is 34.3 Å². The Kier molecular flexibility index (Phi) is 2.74. The number of H-pyrrole nitrogens is 1. The monoisotopic (exact) mass is 236 g/mol. The van der Waals surface area contributed by atoms with Crippen LogP contribution in [-0.4, -0.2) is 20.8 Å². The Morgan fingerprint density at radius 1 is 1.50 bits per heavy atom. The maximum atomic E-state index is 5.75. The van der Waals surface area contributed by atoms with Crippen LogP contribution in [0.3, 0.4) is 0 Å². The first-order valence-electron chi connectivity index (χ1n) is 4.44. The summed E-state index contributed by atoms with van der Waals surface area (Å²) < 4.78 is 0. The molecule has 0 aliphatic rings. The lowest BCUT2D eigenvalue weighted by molar-refractivity contribution is 1.18. The third kappa shape index (κ3) is 1.96. The predicted molar refractivity (Wildman–Crippen MR) is 63.5 cm³/mol. The number of amidine groups is 1. The number of nitrogens with one attached hydrogen (secondary N) is 1. The highest BCUT2D eigenvalue weighted by molar-refractivity contribution is 6.28. The predicted octanol–water partition coefficient (Wildman–Crippen LogP) is 1.07. The lowest BCUT2D eigenvalue weighted by Crippen LogP contribution is -2.08. The van der Waals surface area contributed by atoms with Crippen LogP contribution in [0.2, 0.25) is 5.28 Å². The Bertz CT molecular complexity index is 570. The fourth-order valence-corrected chi connectivity index (χ4v) is 1.41. The molecule has 0 saturated carbocycles. The molecule has 0 radical (unpaired) electrons. The van der Waals surface area contributed by atoms with E-state index in [1.165, 1.54) is 12.3 Å². The van der Waals surface area contributed by atoms with Crippen molar-refractivity contribution in [3.63, 3.8) is 0 Å². The summed E-state index contributed by atoms with van der Waals surface area (Å²) in [6.45, 7) is 0. The van der Waals surface area contributed by atoms with Crippen LogP contribution in [0.25, 0.3) is 11.0 Å². The summed E-state index contributed by atoms with van der Waals surface area (Å²) in [5.74, 6) is 0.659. The molecule has 0 aliphatic heterocycles. The highest BCUT2D eigenvalue weighted by Crippen LogP contribution is 2.23. The van der Waals surface area contributed by atoms with Gasteiger partial charge < -0.3 is 16.5 Å². The quantitative estimate of drug-likeness (QED) is 0.412. The molecule has 0 saturated heterocycles. The second-order valence-corrected chi connectivity index (χ2v) is 3.29. The summed E-state index contributed by atoms with van der Waals surface area (Å²) >= 11 is 5.75. The van der Waals surface area contributed by atoms with Crippen LogP contribution in [0.15, 0.2) is 29.5 Å². The molecular formula is C9H9ClN6. The van der Waals surface area contributed by atoms with Crippen molar-refractivity contribution in [2.45, 2.75) is 0 Å². The molecule has 0 unspecified atom stereocenters. The molecule has 6 nitrogen and oxygen atoms in total. The van der Waals surface area contributed by atoms with Crippen LogP contribution in [0.4, 0.5) is 5.82 Å². The molecule has 0 aromatic carbocycles. The van der Waals surface area contributed by atoms with Gasteiger partial charge in [0, 0.05) is 6.20 Å². The number of hydrogen-bond donors (Lipinski definition) is 3. The van der Waals surface area contributed by atoms with Gasteiger partial charge in [-0.15, -0.1) is 0 Å². The Labute approximate surface area is 96.0 Å². The molecule has 2 heterocycles. The molecule has 0 spiro atoms. The summed E-state index contributed by atoms with van der Waals surface area (Å²) in [7, 11) is 0. The van der Waals surface area contributed by atoms with Crippen LogP contribution in [0, 0.1) is 0 Å². The molecule has 82 valence electrons. The number of aromatic nitrogens is 3. The molecule has 7 heteroatoms. The van der Waals surface area contributed by atoms with Crippen LogP contribution in [0.1, 0.15) is 0 Å². The fraction of sp³-hybridized carbons (Fsp3) is 0. The second-order valence-electron chi connectivity index (χ2n) is 2.95. The van der Waals surface area contributed by atoms with E-state index in [1.807, 2.05) is 0 Å². The Balaban J connectivity index is 2.59. The molecule has 2 aromatic heterocycles. The molecule has 2 aromatic rings. The van der Waals surface area contributed by atoms with Gasteiger partial charge in [0.2, 0.25) is 5.28 Å². The van der Waals surface area contributed by atoms with Gasteiger partial charge in [0.15, 0.2) is 5.82 Å². The first-order chi connectivity index (χ1) is 7.70. The van der Waals surface area contributed by atoms with E-state index >= 15 is 0 Å². The van der Waals surface area contributed by atoms with Crippen LogP contribution < -0.4 is 11.5 Å². The zero-order valence-electron chi connectivity index (χ0n) is 8.18. The number of fused-ring (bicyclic) bond motifs is 1. The zero-order chi connectivity index (χ0) is 11.5. The number of halogens is 1. The Morgan fingerprint density at radius 2 is 2.31 bits per heavy atom. The SMILES string of the molecule is NC=CC(N)=Nc1nc(Cl)nc2[nH]ccc12. The number of nitrogens with two attached hydrogens (primary N) is 2. The molecule has 0 aliphatic carbocycles. The largest absolute Gasteiger partial charge is 0.404 e. The van der Waals surface area contributed by atoms with Gasteiger partial charge in [-0.25, -0.2) is 4.99 Å². The fourth-order valence-electron chi connectivity index (χ4n) is 1.24. The molecule has 0 bridgehead atoms.